The Bertz CT molecular complexity index is 1130. The van der Waals surface area contributed by atoms with Crippen LogP contribution in [0.4, 0.5) is 10.1 Å². The molecule has 4 rings (SSSR count). The molecular weight excluding hydrogens is 425 g/mol. The summed E-state index contributed by atoms with van der Waals surface area (Å²) in [5, 5.41) is 5.04. The molecule has 1 aliphatic heterocycles. The first kappa shape index (κ1) is 21.0. The van der Waals surface area contributed by atoms with Gasteiger partial charge in [0, 0.05) is 43.8 Å². The number of rotatable bonds is 6. The van der Waals surface area contributed by atoms with Gasteiger partial charge in [0.05, 0.1) is 17.3 Å². The Hall–Kier alpha value is -3.20. The number of carbonyl (C=O) groups is 2. The predicted octanol–water partition coefficient (Wildman–Crippen LogP) is 2.78. The summed E-state index contributed by atoms with van der Waals surface area (Å²) in [5.74, 6) is -0.134. The Morgan fingerprint density at radius 3 is 2.77 bits per heavy atom. The van der Waals surface area contributed by atoms with Crippen molar-refractivity contribution in [1.29, 1.82) is 0 Å². The molecule has 10 heteroatoms. The third-order valence-corrected chi connectivity index (χ3v) is 5.50. The highest BCUT2D eigenvalue weighted by Gasteiger charge is 2.25. The standard InChI is InChI=1S/C21H21ClFN5O3/c1-2-31-19-11-18(16(23)10-15(19)22)26-6-8-27(9-7-26)20(30)12-28-21-14(4-3-5-24-21)17(13-29)25-28/h3-5,10-11,13H,2,6-9,12H2,1H3. The molecule has 1 saturated heterocycles. The molecule has 0 bridgehead atoms. The zero-order valence-electron chi connectivity index (χ0n) is 16.9. The van der Waals surface area contributed by atoms with Gasteiger partial charge in [-0.15, -0.1) is 0 Å². The summed E-state index contributed by atoms with van der Waals surface area (Å²) in [4.78, 5) is 31.9. The highest BCUT2D eigenvalue weighted by atomic mass is 35.5. The number of halogens is 2. The van der Waals surface area contributed by atoms with Crippen molar-refractivity contribution in [3.8, 4) is 5.75 Å². The van der Waals surface area contributed by atoms with Gasteiger partial charge in [-0.1, -0.05) is 11.6 Å². The molecule has 162 valence electrons. The third-order valence-electron chi connectivity index (χ3n) is 5.21. The van der Waals surface area contributed by atoms with E-state index in [2.05, 4.69) is 10.1 Å². The third kappa shape index (κ3) is 4.18. The number of pyridine rings is 1. The fraction of sp³-hybridized carbons (Fsp3) is 0.333. The Kier molecular flexibility index (Phi) is 6.03. The van der Waals surface area contributed by atoms with Crippen molar-refractivity contribution < 1.29 is 18.7 Å². The Balaban J connectivity index is 1.44. The highest BCUT2D eigenvalue weighted by Crippen LogP contribution is 2.33. The van der Waals surface area contributed by atoms with E-state index < -0.39 is 5.82 Å². The van der Waals surface area contributed by atoms with E-state index in [1.54, 1.807) is 29.3 Å². The molecule has 0 unspecified atom stereocenters. The quantitative estimate of drug-likeness (QED) is 0.543. The second kappa shape index (κ2) is 8.89. The van der Waals surface area contributed by atoms with Gasteiger partial charge < -0.3 is 14.5 Å². The van der Waals surface area contributed by atoms with E-state index in [1.807, 2.05) is 11.8 Å². The van der Waals surface area contributed by atoms with Crippen LogP contribution >= 0.6 is 11.6 Å². The van der Waals surface area contributed by atoms with E-state index in [9.17, 15) is 14.0 Å². The number of benzene rings is 1. The zero-order valence-corrected chi connectivity index (χ0v) is 17.7. The molecule has 0 saturated carbocycles. The van der Waals surface area contributed by atoms with E-state index in [0.717, 1.165) is 0 Å². The van der Waals surface area contributed by atoms with E-state index in [4.69, 9.17) is 16.3 Å². The number of aldehydes is 1. The number of piperazine rings is 1. The summed E-state index contributed by atoms with van der Waals surface area (Å²) in [6.45, 7) is 4.03. The molecule has 8 nitrogen and oxygen atoms in total. The van der Waals surface area contributed by atoms with Crippen molar-refractivity contribution in [2.24, 2.45) is 0 Å². The molecule has 31 heavy (non-hydrogen) atoms. The van der Waals surface area contributed by atoms with Gasteiger partial charge in [-0.2, -0.15) is 5.10 Å². The maximum absolute atomic E-state index is 14.5. The van der Waals surface area contributed by atoms with Crippen LogP contribution in [-0.4, -0.2) is 64.6 Å². The summed E-state index contributed by atoms with van der Waals surface area (Å²) < 4.78 is 21.4. The second-order valence-corrected chi connectivity index (χ2v) is 7.48. The van der Waals surface area contributed by atoms with E-state index in [0.29, 0.717) is 61.5 Å². The number of carbonyl (C=O) groups excluding carboxylic acids is 2. The number of aromatic nitrogens is 3. The van der Waals surface area contributed by atoms with Crippen LogP contribution in [0.15, 0.2) is 30.5 Å². The normalized spacial score (nSPS) is 14.2. The molecule has 1 amide bonds. The Labute approximate surface area is 183 Å². The van der Waals surface area contributed by atoms with Crippen LogP contribution in [0.2, 0.25) is 5.02 Å². The summed E-state index contributed by atoms with van der Waals surface area (Å²) in [6.07, 6.45) is 2.25. The number of anilines is 1. The fourth-order valence-electron chi connectivity index (χ4n) is 3.68. The Morgan fingerprint density at radius 2 is 2.06 bits per heavy atom. The summed E-state index contributed by atoms with van der Waals surface area (Å²) in [7, 11) is 0. The van der Waals surface area contributed by atoms with Crippen molar-refractivity contribution in [3.05, 3.63) is 47.0 Å². The highest BCUT2D eigenvalue weighted by molar-refractivity contribution is 6.32. The Morgan fingerprint density at radius 1 is 1.29 bits per heavy atom. The van der Waals surface area contributed by atoms with Gasteiger partial charge in [0.1, 0.15) is 23.8 Å². The molecule has 3 aromatic rings. The maximum Gasteiger partial charge on any atom is 0.244 e. The maximum atomic E-state index is 14.5. The van der Waals surface area contributed by atoms with Crippen LogP contribution < -0.4 is 9.64 Å². The van der Waals surface area contributed by atoms with Crippen molar-refractivity contribution in [3.63, 3.8) is 0 Å². The first-order chi connectivity index (χ1) is 15.0. The molecule has 3 heterocycles. The molecule has 1 fully saturated rings. The minimum Gasteiger partial charge on any atom is -0.492 e. The van der Waals surface area contributed by atoms with E-state index in [-0.39, 0.29) is 23.2 Å². The van der Waals surface area contributed by atoms with Crippen molar-refractivity contribution in [2.75, 3.05) is 37.7 Å². The number of nitrogens with zero attached hydrogens (tertiary/aromatic N) is 5. The first-order valence-corrected chi connectivity index (χ1v) is 10.3. The molecule has 0 spiro atoms. The molecular formula is C21H21ClFN5O3. The largest absolute Gasteiger partial charge is 0.492 e. The van der Waals surface area contributed by atoms with Crippen LogP contribution in [0.3, 0.4) is 0 Å². The number of ether oxygens (including phenoxy) is 1. The molecule has 0 aliphatic carbocycles. The number of hydrogen-bond donors (Lipinski definition) is 0. The van der Waals surface area contributed by atoms with Crippen LogP contribution in [-0.2, 0) is 11.3 Å². The lowest BCUT2D eigenvalue weighted by Crippen LogP contribution is -2.50. The van der Waals surface area contributed by atoms with Crippen LogP contribution in [0.25, 0.3) is 11.0 Å². The smallest absolute Gasteiger partial charge is 0.244 e. The number of hydrogen-bond acceptors (Lipinski definition) is 6. The lowest BCUT2D eigenvalue weighted by molar-refractivity contribution is -0.132. The molecule has 0 N–H and O–H groups in total. The van der Waals surface area contributed by atoms with Crippen molar-refractivity contribution in [2.45, 2.75) is 13.5 Å². The molecule has 0 atom stereocenters. The molecule has 1 aliphatic rings. The summed E-state index contributed by atoms with van der Waals surface area (Å²) >= 11 is 6.04. The van der Waals surface area contributed by atoms with Gasteiger partial charge in [-0.05, 0) is 25.1 Å². The SMILES string of the molecule is CCOc1cc(N2CCN(C(=O)Cn3nc(C=O)c4cccnc43)CC2)c(F)cc1Cl. The summed E-state index contributed by atoms with van der Waals surface area (Å²) in [5.41, 5.74) is 1.14. The monoisotopic (exact) mass is 445 g/mol. The van der Waals surface area contributed by atoms with E-state index in [1.165, 1.54) is 10.7 Å². The molecule has 2 aromatic heterocycles. The van der Waals surface area contributed by atoms with Gasteiger partial charge in [-0.25, -0.2) is 14.1 Å². The molecule has 1 aromatic carbocycles. The van der Waals surface area contributed by atoms with Crippen LogP contribution in [0, 0.1) is 5.82 Å². The number of amides is 1. The van der Waals surface area contributed by atoms with Gasteiger partial charge in [0.25, 0.3) is 0 Å². The van der Waals surface area contributed by atoms with Gasteiger partial charge in [0.15, 0.2) is 11.9 Å². The molecule has 0 radical (unpaired) electrons. The lowest BCUT2D eigenvalue weighted by atomic mass is 10.2. The predicted molar refractivity (Wildman–Crippen MR) is 114 cm³/mol. The lowest BCUT2D eigenvalue weighted by Gasteiger charge is -2.36. The van der Waals surface area contributed by atoms with E-state index >= 15 is 0 Å². The van der Waals surface area contributed by atoms with Crippen LogP contribution in [0.1, 0.15) is 17.4 Å². The number of fused-ring (bicyclic) bond motifs is 1. The van der Waals surface area contributed by atoms with Gasteiger partial charge in [0.2, 0.25) is 5.91 Å². The fourth-order valence-corrected chi connectivity index (χ4v) is 3.89. The van der Waals surface area contributed by atoms with Gasteiger partial charge in [-0.3, -0.25) is 9.59 Å². The minimum atomic E-state index is -0.427. The average Bonchev–Trinajstić information content (AvgIpc) is 3.13. The van der Waals surface area contributed by atoms with Crippen molar-refractivity contribution in [1.82, 2.24) is 19.7 Å². The second-order valence-electron chi connectivity index (χ2n) is 7.07. The topological polar surface area (TPSA) is 80.6 Å². The zero-order chi connectivity index (χ0) is 22.0. The minimum absolute atomic E-state index is 0.0227. The summed E-state index contributed by atoms with van der Waals surface area (Å²) in [6, 6.07) is 6.31. The van der Waals surface area contributed by atoms with Gasteiger partial charge >= 0.3 is 0 Å². The van der Waals surface area contributed by atoms with Crippen LogP contribution in [0.5, 0.6) is 5.75 Å². The van der Waals surface area contributed by atoms with Crippen molar-refractivity contribution >= 4 is 40.5 Å². The first-order valence-electron chi connectivity index (χ1n) is 9.93. The average molecular weight is 446 g/mol.